The Bertz CT molecular complexity index is 1660. The number of rotatable bonds is 8. The summed E-state index contributed by atoms with van der Waals surface area (Å²) in [5, 5.41) is 18.2. The molecule has 8 nitrogen and oxygen atoms in total. The fraction of sp³-hybridized carbons (Fsp3) is 0.400. The second kappa shape index (κ2) is 11.2. The lowest BCUT2D eigenvalue weighted by Gasteiger charge is -2.36. The van der Waals surface area contributed by atoms with Crippen molar-refractivity contribution in [2.45, 2.75) is 72.3 Å². The largest absolute Gasteiger partial charge is 0.455 e. The highest BCUT2D eigenvalue weighted by Gasteiger charge is 2.36. The van der Waals surface area contributed by atoms with Crippen LogP contribution < -0.4 is 10.7 Å². The van der Waals surface area contributed by atoms with E-state index in [1.165, 1.54) is 0 Å². The van der Waals surface area contributed by atoms with Gasteiger partial charge in [-0.2, -0.15) is 10.4 Å². The van der Waals surface area contributed by atoms with Gasteiger partial charge in [0.2, 0.25) is 0 Å². The smallest absolute Gasteiger partial charge is 0.196 e. The molecule has 0 saturated heterocycles. The SMILES string of the molecule is Cc1cc([C@@H](C)Nc2ccc(Cl)nc2C#N)c2oc(-c3cnn(CCO[Si](C)(C)C(C)(C)C)c3)c(C)c(=O)c2c1. The van der Waals surface area contributed by atoms with Crippen LogP contribution >= 0.6 is 11.6 Å². The lowest BCUT2D eigenvalue weighted by molar-refractivity contribution is 0.266. The number of anilines is 1. The summed E-state index contributed by atoms with van der Waals surface area (Å²) in [4.78, 5) is 17.6. The summed E-state index contributed by atoms with van der Waals surface area (Å²) < 4.78 is 14.6. The first-order valence-corrected chi connectivity index (χ1v) is 16.6. The highest BCUT2D eigenvalue weighted by molar-refractivity contribution is 6.74. The zero-order chi connectivity index (χ0) is 29.4. The summed E-state index contributed by atoms with van der Waals surface area (Å²) in [6.07, 6.45) is 3.61. The van der Waals surface area contributed by atoms with E-state index in [-0.39, 0.29) is 27.4 Å². The zero-order valence-electron chi connectivity index (χ0n) is 24.3. The molecule has 0 radical (unpaired) electrons. The minimum atomic E-state index is -1.86. The van der Waals surface area contributed by atoms with Crippen LogP contribution in [0.3, 0.4) is 0 Å². The first kappa shape index (κ1) is 29.5. The molecule has 4 rings (SSSR count). The van der Waals surface area contributed by atoms with Crippen molar-refractivity contribution in [3.05, 3.63) is 74.4 Å². The molecule has 210 valence electrons. The van der Waals surface area contributed by atoms with Crippen molar-refractivity contribution in [2.24, 2.45) is 0 Å². The van der Waals surface area contributed by atoms with Crippen molar-refractivity contribution in [1.82, 2.24) is 14.8 Å². The molecule has 0 fully saturated rings. The Hall–Kier alpha value is -3.45. The van der Waals surface area contributed by atoms with Gasteiger partial charge in [0.1, 0.15) is 22.6 Å². The maximum absolute atomic E-state index is 13.5. The highest BCUT2D eigenvalue weighted by Crippen LogP contribution is 2.36. The molecule has 0 amide bonds. The van der Waals surface area contributed by atoms with Crippen LogP contribution in [0.25, 0.3) is 22.3 Å². The summed E-state index contributed by atoms with van der Waals surface area (Å²) >= 11 is 5.97. The van der Waals surface area contributed by atoms with Gasteiger partial charge in [0.25, 0.3) is 0 Å². The average molecular weight is 578 g/mol. The minimum absolute atomic E-state index is 0.0896. The maximum Gasteiger partial charge on any atom is 0.196 e. The number of nitrogens with zero attached hydrogens (tertiary/aromatic N) is 4. The van der Waals surface area contributed by atoms with E-state index in [1.54, 1.807) is 25.3 Å². The zero-order valence-corrected chi connectivity index (χ0v) is 26.1. The first-order valence-electron chi connectivity index (χ1n) is 13.3. The minimum Gasteiger partial charge on any atom is -0.455 e. The monoisotopic (exact) mass is 577 g/mol. The second-order valence-electron chi connectivity index (χ2n) is 11.7. The fourth-order valence-corrected chi connectivity index (χ4v) is 5.51. The predicted octanol–water partition coefficient (Wildman–Crippen LogP) is 7.39. The number of benzene rings is 1. The van der Waals surface area contributed by atoms with Crippen LogP contribution in [0, 0.1) is 25.2 Å². The van der Waals surface area contributed by atoms with Crippen molar-refractivity contribution < 1.29 is 8.84 Å². The molecular weight excluding hydrogens is 542 g/mol. The van der Waals surface area contributed by atoms with Gasteiger partial charge in [-0.05, 0) is 62.7 Å². The first-order chi connectivity index (χ1) is 18.7. The van der Waals surface area contributed by atoms with Crippen molar-refractivity contribution >= 4 is 36.6 Å². The number of halogens is 1. The number of fused-ring (bicyclic) bond motifs is 1. The molecule has 0 aliphatic carbocycles. The van der Waals surface area contributed by atoms with E-state index >= 15 is 0 Å². The highest BCUT2D eigenvalue weighted by atomic mass is 35.5. The Morgan fingerprint density at radius 2 is 1.98 bits per heavy atom. The van der Waals surface area contributed by atoms with Gasteiger partial charge < -0.3 is 14.2 Å². The van der Waals surface area contributed by atoms with E-state index in [4.69, 9.17) is 20.4 Å². The number of hydrogen-bond acceptors (Lipinski definition) is 7. The lowest BCUT2D eigenvalue weighted by Crippen LogP contribution is -2.41. The molecule has 0 aliphatic heterocycles. The third-order valence-electron chi connectivity index (χ3n) is 7.68. The van der Waals surface area contributed by atoms with Gasteiger partial charge in [-0.3, -0.25) is 9.48 Å². The standard InChI is InChI=1S/C30H36ClN5O3Si/c1-18-13-22(20(3)34-24-9-10-26(31)35-25(24)15-32)29-23(14-18)27(37)19(2)28(39-29)21-16-33-36(17-21)11-12-38-40(7,8)30(4,5)6/h9-10,13-14,16-17,20,34H,11-12H2,1-8H3/t20-/m1/s1. The van der Waals surface area contributed by atoms with Crippen LogP contribution in [-0.4, -0.2) is 29.7 Å². The van der Waals surface area contributed by atoms with Crippen LogP contribution in [0.4, 0.5) is 5.69 Å². The topological polar surface area (TPSA) is 106 Å². The molecule has 1 aromatic carbocycles. The van der Waals surface area contributed by atoms with Gasteiger partial charge >= 0.3 is 0 Å². The van der Waals surface area contributed by atoms with Crippen LogP contribution in [0.1, 0.15) is 56.1 Å². The molecule has 1 atom stereocenters. The molecule has 0 saturated carbocycles. The second-order valence-corrected chi connectivity index (χ2v) is 16.9. The Balaban J connectivity index is 1.68. The van der Waals surface area contributed by atoms with E-state index in [1.807, 2.05) is 36.9 Å². The van der Waals surface area contributed by atoms with Gasteiger partial charge in [0, 0.05) is 17.3 Å². The molecule has 0 aliphatic rings. The fourth-order valence-electron chi connectivity index (χ4n) is 4.33. The van der Waals surface area contributed by atoms with Crippen molar-refractivity contribution in [1.29, 1.82) is 5.26 Å². The van der Waals surface area contributed by atoms with Gasteiger partial charge in [-0.15, -0.1) is 0 Å². The number of aryl methyl sites for hydroxylation is 1. The summed E-state index contributed by atoms with van der Waals surface area (Å²) in [5.41, 5.74) is 4.12. The third kappa shape index (κ3) is 5.99. The lowest BCUT2D eigenvalue weighted by atomic mass is 9.99. The molecule has 3 aromatic heterocycles. The Labute approximate surface area is 241 Å². The molecule has 0 bridgehead atoms. The van der Waals surface area contributed by atoms with Crippen LogP contribution in [0.5, 0.6) is 0 Å². The average Bonchev–Trinajstić information content (AvgIpc) is 3.34. The third-order valence-corrected chi connectivity index (χ3v) is 12.4. The Morgan fingerprint density at radius 3 is 2.65 bits per heavy atom. The number of aromatic nitrogens is 3. The summed E-state index contributed by atoms with van der Waals surface area (Å²) in [7, 11) is -1.86. The van der Waals surface area contributed by atoms with E-state index in [0.29, 0.717) is 41.1 Å². The summed E-state index contributed by atoms with van der Waals surface area (Å²) in [6.45, 7) is 18.0. The number of nitrogens with one attached hydrogen (secondary N) is 1. The quantitative estimate of drug-likeness (QED) is 0.172. The molecule has 40 heavy (non-hydrogen) atoms. The van der Waals surface area contributed by atoms with Crippen molar-refractivity contribution in [3.8, 4) is 17.4 Å². The van der Waals surface area contributed by atoms with Crippen LogP contribution in [0.15, 0.2) is 45.9 Å². The van der Waals surface area contributed by atoms with E-state index in [0.717, 1.165) is 16.7 Å². The normalized spacial score (nSPS) is 12.9. The van der Waals surface area contributed by atoms with E-state index in [2.05, 4.69) is 55.3 Å². The molecule has 3 heterocycles. The van der Waals surface area contributed by atoms with Gasteiger partial charge in [-0.25, -0.2) is 4.98 Å². The van der Waals surface area contributed by atoms with Gasteiger partial charge in [0.05, 0.1) is 42.0 Å². The molecule has 1 N–H and O–H groups in total. The van der Waals surface area contributed by atoms with Crippen molar-refractivity contribution in [3.63, 3.8) is 0 Å². The van der Waals surface area contributed by atoms with E-state index < -0.39 is 8.32 Å². The van der Waals surface area contributed by atoms with Crippen LogP contribution in [-0.2, 0) is 11.0 Å². The van der Waals surface area contributed by atoms with Gasteiger partial charge in [0.15, 0.2) is 19.4 Å². The summed E-state index contributed by atoms with van der Waals surface area (Å²) in [6, 6.07) is 8.95. The molecule has 0 spiro atoms. The number of pyridine rings is 1. The van der Waals surface area contributed by atoms with Crippen LogP contribution in [0.2, 0.25) is 23.3 Å². The Kier molecular flexibility index (Phi) is 8.27. The predicted molar refractivity (Wildman–Crippen MR) is 162 cm³/mol. The van der Waals surface area contributed by atoms with Gasteiger partial charge in [-0.1, -0.05) is 38.4 Å². The number of nitriles is 1. The number of hydrogen-bond donors (Lipinski definition) is 1. The molecular formula is C30H36ClN5O3Si. The molecule has 4 aromatic rings. The van der Waals surface area contributed by atoms with Crippen molar-refractivity contribution in [2.75, 3.05) is 11.9 Å². The molecule has 10 heteroatoms. The summed E-state index contributed by atoms with van der Waals surface area (Å²) in [5.74, 6) is 0.484. The van der Waals surface area contributed by atoms with E-state index in [9.17, 15) is 10.1 Å². The maximum atomic E-state index is 13.5. The Morgan fingerprint density at radius 1 is 1.25 bits per heavy atom. The molecule has 0 unspecified atom stereocenters.